The summed E-state index contributed by atoms with van der Waals surface area (Å²) in [5.41, 5.74) is 5.34. The van der Waals surface area contributed by atoms with E-state index in [0.717, 1.165) is 25.5 Å². The molecule has 0 aliphatic rings. The fraction of sp³-hybridized carbons (Fsp3) is 1.00. The molecule has 0 aromatic heterocycles. The first-order chi connectivity index (χ1) is 7.24. The van der Waals surface area contributed by atoms with E-state index in [1.165, 1.54) is 0 Å². The number of hydrogen-bond donors (Lipinski definition) is 1. The molecule has 0 aromatic carbocycles. The number of nitrogens with two attached hydrogens (primary N) is 1. The van der Waals surface area contributed by atoms with E-state index in [4.69, 9.17) is 23.7 Å². The molecule has 0 saturated heterocycles. The molecule has 5 nitrogen and oxygen atoms in total. The first-order valence-electron chi connectivity index (χ1n) is 5.18. The molecular formula is C9H27NO4Si2. The molecule has 0 aliphatic carbocycles. The van der Waals surface area contributed by atoms with Crippen LogP contribution in [0.2, 0.25) is 6.04 Å². The average molecular weight is 269 g/mol. The van der Waals surface area contributed by atoms with Crippen LogP contribution in [0.4, 0.5) is 0 Å². The van der Waals surface area contributed by atoms with Crippen LogP contribution in [-0.4, -0.2) is 60.9 Å². The Bertz CT molecular complexity index is 139. The Labute approximate surface area is 104 Å². The number of rotatable bonds is 10. The monoisotopic (exact) mass is 269 g/mol. The van der Waals surface area contributed by atoms with E-state index in [-0.39, 0.29) is 11.0 Å². The highest BCUT2D eigenvalue weighted by Gasteiger charge is 2.36. The summed E-state index contributed by atoms with van der Waals surface area (Å²) in [6.07, 6.45) is 1.79. The molecule has 0 heterocycles. The Morgan fingerprint density at radius 3 is 1.88 bits per heavy atom. The second-order valence-corrected chi connectivity index (χ2v) is 6.24. The molecule has 100 valence electrons. The molecule has 0 aliphatic heterocycles. The summed E-state index contributed by atoms with van der Waals surface area (Å²) in [5, 5.41) is 0. The van der Waals surface area contributed by atoms with Crippen LogP contribution in [-0.2, 0) is 18.0 Å². The SMILES string of the molecule is CO[Si](CCCOCCCN)(OC)OC.[SiH4]. The van der Waals surface area contributed by atoms with Gasteiger partial charge in [-0.1, -0.05) is 0 Å². The van der Waals surface area contributed by atoms with Crippen molar-refractivity contribution >= 4 is 19.8 Å². The van der Waals surface area contributed by atoms with Crippen LogP contribution in [0.15, 0.2) is 0 Å². The second kappa shape index (κ2) is 11.7. The maximum Gasteiger partial charge on any atom is 0.500 e. The van der Waals surface area contributed by atoms with E-state index in [1.54, 1.807) is 21.3 Å². The molecule has 0 bridgehead atoms. The summed E-state index contributed by atoms with van der Waals surface area (Å²) in [6, 6.07) is 0.777. The minimum atomic E-state index is -2.39. The maximum atomic E-state index is 5.38. The van der Waals surface area contributed by atoms with Gasteiger partial charge < -0.3 is 23.7 Å². The first-order valence-corrected chi connectivity index (χ1v) is 7.11. The molecule has 0 amide bonds. The molecule has 0 rings (SSSR count). The van der Waals surface area contributed by atoms with Crippen LogP contribution in [0.5, 0.6) is 0 Å². The molecule has 16 heavy (non-hydrogen) atoms. The highest BCUT2D eigenvalue weighted by molar-refractivity contribution is 6.60. The molecule has 0 atom stereocenters. The van der Waals surface area contributed by atoms with Crippen LogP contribution in [0, 0.1) is 0 Å². The Balaban J connectivity index is 0. The van der Waals surface area contributed by atoms with Gasteiger partial charge in [-0.25, -0.2) is 0 Å². The molecular weight excluding hydrogens is 242 g/mol. The van der Waals surface area contributed by atoms with Gasteiger partial charge in [0, 0.05) is 40.6 Å². The van der Waals surface area contributed by atoms with Crippen molar-refractivity contribution in [2.24, 2.45) is 5.73 Å². The fourth-order valence-corrected chi connectivity index (χ4v) is 2.92. The quantitative estimate of drug-likeness (QED) is 0.414. The van der Waals surface area contributed by atoms with Gasteiger partial charge in [0.05, 0.1) is 0 Å². The van der Waals surface area contributed by atoms with Crippen molar-refractivity contribution in [1.82, 2.24) is 0 Å². The van der Waals surface area contributed by atoms with Crippen molar-refractivity contribution in [3.63, 3.8) is 0 Å². The van der Waals surface area contributed by atoms with Gasteiger partial charge in [0.15, 0.2) is 0 Å². The molecule has 0 saturated carbocycles. The summed E-state index contributed by atoms with van der Waals surface area (Å²) < 4.78 is 21.2. The lowest BCUT2D eigenvalue weighted by atomic mass is 10.4. The molecule has 0 spiro atoms. The first kappa shape index (κ1) is 18.6. The van der Waals surface area contributed by atoms with Crippen molar-refractivity contribution in [1.29, 1.82) is 0 Å². The molecule has 7 heteroatoms. The zero-order chi connectivity index (χ0) is 11.6. The lowest BCUT2D eigenvalue weighted by Gasteiger charge is -2.24. The Kier molecular flexibility index (Phi) is 13.6. The van der Waals surface area contributed by atoms with Crippen LogP contribution < -0.4 is 5.73 Å². The van der Waals surface area contributed by atoms with Gasteiger partial charge in [0.1, 0.15) is 0 Å². The van der Waals surface area contributed by atoms with Crippen molar-refractivity contribution in [3.8, 4) is 0 Å². The molecule has 0 aromatic rings. The van der Waals surface area contributed by atoms with Gasteiger partial charge in [-0.15, -0.1) is 0 Å². The third-order valence-corrected chi connectivity index (χ3v) is 5.03. The Morgan fingerprint density at radius 1 is 0.938 bits per heavy atom. The van der Waals surface area contributed by atoms with Crippen molar-refractivity contribution in [3.05, 3.63) is 0 Å². The van der Waals surface area contributed by atoms with Gasteiger partial charge in [-0.05, 0) is 30.4 Å². The summed E-state index contributed by atoms with van der Waals surface area (Å²) in [6.45, 7) is 2.09. The Hall–Kier alpha value is 0.234. The summed E-state index contributed by atoms with van der Waals surface area (Å²) in [7, 11) is 2.47. The third kappa shape index (κ3) is 7.50. The van der Waals surface area contributed by atoms with Crippen LogP contribution in [0.25, 0.3) is 0 Å². The maximum absolute atomic E-state index is 5.38. The van der Waals surface area contributed by atoms with E-state index in [1.807, 2.05) is 0 Å². The normalized spacial score (nSPS) is 11.2. The largest absolute Gasteiger partial charge is 0.500 e. The zero-order valence-corrected chi connectivity index (χ0v) is 11.0. The number of ether oxygens (including phenoxy) is 1. The lowest BCUT2D eigenvalue weighted by Crippen LogP contribution is -2.42. The fourth-order valence-electron chi connectivity index (χ4n) is 1.23. The van der Waals surface area contributed by atoms with Crippen LogP contribution in [0.3, 0.4) is 0 Å². The second-order valence-electron chi connectivity index (χ2n) is 3.15. The van der Waals surface area contributed by atoms with Crippen LogP contribution in [0.1, 0.15) is 12.8 Å². The minimum absolute atomic E-state index is 0. The predicted molar refractivity (Wildman–Crippen MR) is 72.0 cm³/mol. The van der Waals surface area contributed by atoms with Gasteiger partial charge in [0.25, 0.3) is 0 Å². The number of hydrogen-bond acceptors (Lipinski definition) is 5. The van der Waals surface area contributed by atoms with Gasteiger partial charge in [0.2, 0.25) is 0 Å². The molecule has 2 N–H and O–H groups in total. The third-order valence-electron chi connectivity index (χ3n) is 2.20. The van der Waals surface area contributed by atoms with Crippen molar-refractivity contribution in [2.75, 3.05) is 41.1 Å². The van der Waals surface area contributed by atoms with Gasteiger partial charge in [-0.2, -0.15) is 0 Å². The van der Waals surface area contributed by atoms with E-state index < -0.39 is 8.80 Å². The van der Waals surface area contributed by atoms with E-state index >= 15 is 0 Å². The van der Waals surface area contributed by atoms with Gasteiger partial charge in [-0.3, -0.25) is 0 Å². The van der Waals surface area contributed by atoms with Crippen molar-refractivity contribution < 1.29 is 18.0 Å². The van der Waals surface area contributed by atoms with Crippen LogP contribution >= 0.6 is 0 Å². The summed E-state index contributed by atoms with van der Waals surface area (Å²) >= 11 is 0. The molecule has 0 unspecified atom stereocenters. The predicted octanol–water partition coefficient (Wildman–Crippen LogP) is -0.832. The Morgan fingerprint density at radius 2 is 1.44 bits per heavy atom. The highest BCUT2D eigenvalue weighted by Crippen LogP contribution is 2.14. The van der Waals surface area contributed by atoms with E-state index in [9.17, 15) is 0 Å². The zero-order valence-electron chi connectivity index (χ0n) is 9.95. The lowest BCUT2D eigenvalue weighted by molar-refractivity contribution is 0.107. The summed E-state index contributed by atoms with van der Waals surface area (Å²) in [4.78, 5) is 0. The summed E-state index contributed by atoms with van der Waals surface area (Å²) in [5.74, 6) is 0. The topological polar surface area (TPSA) is 62.9 Å². The highest BCUT2D eigenvalue weighted by atomic mass is 28.4. The minimum Gasteiger partial charge on any atom is -0.381 e. The average Bonchev–Trinajstić information content (AvgIpc) is 2.29. The van der Waals surface area contributed by atoms with E-state index in [2.05, 4.69) is 0 Å². The smallest absolute Gasteiger partial charge is 0.381 e. The molecule has 0 radical (unpaired) electrons. The van der Waals surface area contributed by atoms with Gasteiger partial charge >= 0.3 is 8.80 Å². The van der Waals surface area contributed by atoms with E-state index in [0.29, 0.717) is 13.2 Å². The standard InChI is InChI=1S/C9H23NO4Si.H4Si/c1-11-15(12-2,13-3)9-5-8-14-7-4-6-10;/h4-10H2,1-3H3;1H4. The van der Waals surface area contributed by atoms with Crippen molar-refractivity contribution in [2.45, 2.75) is 18.9 Å². The molecule has 0 fully saturated rings.